The molecule has 0 spiro atoms. The molecule has 0 aromatic heterocycles. The van der Waals surface area contributed by atoms with Crippen molar-refractivity contribution in [3.8, 4) is 0 Å². The van der Waals surface area contributed by atoms with E-state index < -0.39 is 5.54 Å². The first-order valence-electron chi connectivity index (χ1n) is 4.81. The molecule has 4 nitrogen and oxygen atoms in total. The molecule has 0 aliphatic rings. The van der Waals surface area contributed by atoms with E-state index in [1.165, 1.54) is 0 Å². The predicted molar refractivity (Wildman–Crippen MR) is 57.0 cm³/mol. The van der Waals surface area contributed by atoms with Crippen LogP contribution < -0.4 is 5.73 Å². The molecule has 0 aliphatic carbocycles. The van der Waals surface area contributed by atoms with Crippen molar-refractivity contribution >= 4 is 5.91 Å². The van der Waals surface area contributed by atoms with E-state index in [4.69, 9.17) is 10.5 Å². The standard InChI is InChI=1S/C10H22N2O2/c1-8(7-14-5)12(4)9(13)6-10(2,3)11/h8H,6-7,11H2,1-5H3. The van der Waals surface area contributed by atoms with Crippen LogP contribution in [-0.2, 0) is 9.53 Å². The van der Waals surface area contributed by atoms with Crippen molar-refractivity contribution in [2.45, 2.75) is 38.8 Å². The summed E-state index contributed by atoms with van der Waals surface area (Å²) in [6.07, 6.45) is 0.359. The molecule has 1 unspecified atom stereocenters. The monoisotopic (exact) mass is 202 g/mol. The van der Waals surface area contributed by atoms with Gasteiger partial charge in [-0.05, 0) is 20.8 Å². The predicted octanol–water partition coefficient (Wildman–Crippen LogP) is 0.607. The fourth-order valence-electron chi connectivity index (χ4n) is 1.11. The number of hydrogen-bond acceptors (Lipinski definition) is 3. The molecular weight excluding hydrogens is 180 g/mol. The van der Waals surface area contributed by atoms with Crippen molar-refractivity contribution < 1.29 is 9.53 Å². The highest BCUT2D eigenvalue weighted by molar-refractivity contribution is 5.77. The first-order valence-corrected chi connectivity index (χ1v) is 4.81. The van der Waals surface area contributed by atoms with Gasteiger partial charge in [-0.3, -0.25) is 4.79 Å². The summed E-state index contributed by atoms with van der Waals surface area (Å²) in [5.74, 6) is 0.0575. The van der Waals surface area contributed by atoms with Gasteiger partial charge in [0.2, 0.25) is 5.91 Å². The number of ether oxygens (including phenoxy) is 1. The molecule has 0 fully saturated rings. The van der Waals surface area contributed by atoms with Crippen LogP contribution in [0.1, 0.15) is 27.2 Å². The van der Waals surface area contributed by atoms with Gasteiger partial charge in [-0.25, -0.2) is 0 Å². The molecule has 0 aromatic carbocycles. The normalized spacial score (nSPS) is 13.9. The molecule has 0 bridgehead atoms. The summed E-state index contributed by atoms with van der Waals surface area (Å²) in [6, 6.07) is 0.0925. The second-order valence-electron chi connectivity index (χ2n) is 4.47. The van der Waals surface area contributed by atoms with Crippen LogP contribution in [0.3, 0.4) is 0 Å². The summed E-state index contributed by atoms with van der Waals surface area (Å²) < 4.78 is 4.98. The van der Waals surface area contributed by atoms with Gasteiger partial charge in [-0.15, -0.1) is 0 Å². The molecule has 84 valence electrons. The van der Waals surface area contributed by atoms with Crippen LogP contribution in [0.15, 0.2) is 0 Å². The fourth-order valence-corrected chi connectivity index (χ4v) is 1.11. The number of rotatable bonds is 5. The molecule has 2 N–H and O–H groups in total. The van der Waals surface area contributed by atoms with Crippen molar-refractivity contribution in [1.82, 2.24) is 4.90 Å². The average molecular weight is 202 g/mol. The zero-order valence-corrected chi connectivity index (χ0v) is 9.83. The van der Waals surface area contributed by atoms with Gasteiger partial charge in [-0.1, -0.05) is 0 Å². The molecule has 0 heterocycles. The summed E-state index contributed by atoms with van der Waals surface area (Å²) in [5.41, 5.74) is 5.32. The summed E-state index contributed by atoms with van der Waals surface area (Å²) >= 11 is 0. The second-order valence-corrected chi connectivity index (χ2v) is 4.47. The van der Waals surface area contributed by atoms with Crippen molar-refractivity contribution in [3.63, 3.8) is 0 Å². The first-order chi connectivity index (χ1) is 6.28. The van der Waals surface area contributed by atoms with Gasteiger partial charge in [0.05, 0.1) is 12.6 Å². The van der Waals surface area contributed by atoms with Gasteiger partial charge in [-0.2, -0.15) is 0 Å². The summed E-state index contributed by atoms with van der Waals surface area (Å²) in [4.78, 5) is 13.3. The summed E-state index contributed by atoms with van der Waals surface area (Å²) in [7, 11) is 3.40. The molecule has 1 amide bonds. The fraction of sp³-hybridized carbons (Fsp3) is 0.900. The molecule has 1 atom stereocenters. The van der Waals surface area contributed by atoms with Gasteiger partial charge in [0, 0.05) is 26.1 Å². The zero-order valence-electron chi connectivity index (χ0n) is 9.83. The van der Waals surface area contributed by atoms with Crippen molar-refractivity contribution in [2.24, 2.45) is 5.73 Å². The summed E-state index contributed by atoms with van der Waals surface area (Å²) in [6.45, 7) is 6.19. The van der Waals surface area contributed by atoms with E-state index in [2.05, 4.69) is 0 Å². The minimum atomic E-state index is -0.446. The summed E-state index contributed by atoms with van der Waals surface area (Å²) in [5, 5.41) is 0. The minimum Gasteiger partial charge on any atom is -0.383 e. The number of likely N-dealkylation sites (N-methyl/N-ethyl adjacent to an activating group) is 1. The number of nitrogens with two attached hydrogens (primary N) is 1. The first kappa shape index (κ1) is 13.4. The largest absolute Gasteiger partial charge is 0.383 e. The lowest BCUT2D eigenvalue weighted by atomic mass is 10.0. The van der Waals surface area contributed by atoms with Gasteiger partial charge >= 0.3 is 0 Å². The van der Waals surface area contributed by atoms with E-state index >= 15 is 0 Å². The molecule has 0 radical (unpaired) electrons. The highest BCUT2D eigenvalue weighted by Crippen LogP contribution is 2.08. The zero-order chi connectivity index (χ0) is 11.4. The van der Waals surface area contributed by atoms with E-state index in [1.54, 1.807) is 19.1 Å². The molecular formula is C10H22N2O2. The second kappa shape index (κ2) is 5.32. The Balaban J connectivity index is 4.12. The Morgan fingerprint density at radius 1 is 1.57 bits per heavy atom. The molecule has 0 saturated carbocycles. The Morgan fingerprint density at radius 2 is 2.07 bits per heavy atom. The maximum absolute atomic E-state index is 11.7. The third-order valence-electron chi connectivity index (χ3n) is 2.07. The maximum atomic E-state index is 11.7. The van der Waals surface area contributed by atoms with Crippen molar-refractivity contribution in [1.29, 1.82) is 0 Å². The highest BCUT2D eigenvalue weighted by Gasteiger charge is 2.21. The molecule has 0 rings (SSSR count). The van der Waals surface area contributed by atoms with Gasteiger partial charge in [0.15, 0.2) is 0 Å². The quantitative estimate of drug-likeness (QED) is 0.710. The smallest absolute Gasteiger partial charge is 0.224 e. The maximum Gasteiger partial charge on any atom is 0.224 e. The average Bonchev–Trinajstić information content (AvgIpc) is 2.00. The van der Waals surface area contributed by atoms with Gasteiger partial charge < -0.3 is 15.4 Å². The topological polar surface area (TPSA) is 55.6 Å². The van der Waals surface area contributed by atoms with Crippen LogP contribution in [0.25, 0.3) is 0 Å². The Kier molecular flexibility index (Phi) is 5.08. The van der Waals surface area contributed by atoms with Crippen LogP contribution in [0.5, 0.6) is 0 Å². The van der Waals surface area contributed by atoms with Gasteiger partial charge in [0.1, 0.15) is 0 Å². The van der Waals surface area contributed by atoms with E-state index in [9.17, 15) is 4.79 Å². The van der Waals surface area contributed by atoms with E-state index in [1.807, 2.05) is 20.8 Å². The molecule has 0 aliphatic heterocycles. The number of hydrogen-bond donors (Lipinski definition) is 1. The Morgan fingerprint density at radius 3 is 2.43 bits per heavy atom. The molecule has 0 aromatic rings. The van der Waals surface area contributed by atoms with Crippen LogP contribution in [0.2, 0.25) is 0 Å². The van der Waals surface area contributed by atoms with E-state index in [0.717, 1.165) is 0 Å². The lowest BCUT2D eigenvalue weighted by Gasteiger charge is -2.27. The number of carbonyl (C=O) groups is 1. The number of carbonyl (C=O) groups excluding carboxylic acids is 1. The van der Waals surface area contributed by atoms with Crippen LogP contribution in [0, 0.1) is 0 Å². The SMILES string of the molecule is COCC(C)N(C)C(=O)CC(C)(C)N. The molecule has 4 heteroatoms. The highest BCUT2D eigenvalue weighted by atomic mass is 16.5. The van der Waals surface area contributed by atoms with E-state index in [-0.39, 0.29) is 11.9 Å². The van der Waals surface area contributed by atoms with Crippen LogP contribution in [0.4, 0.5) is 0 Å². The third-order valence-corrected chi connectivity index (χ3v) is 2.07. The minimum absolute atomic E-state index is 0.0575. The Bertz CT molecular complexity index is 187. The number of amides is 1. The van der Waals surface area contributed by atoms with Crippen molar-refractivity contribution in [3.05, 3.63) is 0 Å². The lowest BCUT2D eigenvalue weighted by Crippen LogP contribution is -2.44. The van der Waals surface area contributed by atoms with E-state index in [0.29, 0.717) is 13.0 Å². The van der Waals surface area contributed by atoms with Crippen molar-refractivity contribution in [2.75, 3.05) is 20.8 Å². The van der Waals surface area contributed by atoms with Gasteiger partial charge in [0.25, 0.3) is 0 Å². The molecule has 0 saturated heterocycles. The Hall–Kier alpha value is -0.610. The Labute approximate surface area is 86.4 Å². The van der Waals surface area contributed by atoms with Crippen LogP contribution in [-0.4, -0.2) is 43.2 Å². The van der Waals surface area contributed by atoms with Crippen LogP contribution >= 0.6 is 0 Å². The molecule has 14 heavy (non-hydrogen) atoms. The number of methoxy groups -OCH3 is 1. The number of nitrogens with zero attached hydrogens (tertiary/aromatic N) is 1. The lowest BCUT2D eigenvalue weighted by molar-refractivity contribution is -0.133. The third kappa shape index (κ3) is 5.19.